The second kappa shape index (κ2) is 16.9. The number of rotatable bonds is 10. The molecule has 52 heavy (non-hydrogen) atoms. The minimum absolute atomic E-state index is 0.0607. The van der Waals surface area contributed by atoms with Crippen LogP contribution in [-0.2, 0) is 52.3 Å². The van der Waals surface area contributed by atoms with Crippen LogP contribution in [0.3, 0.4) is 0 Å². The van der Waals surface area contributed by atoms with Crippen molar-refractivity contribution in [1.29, 1.82) is 0 Å². The van der Waals surface area contributed by atoms with E-state index in [9.17, 15) is 22.4 Å². The van der Waals surface area contributed by atoms with Gasteiger partial charge in [-0.2, -0.15) is 18.6 Å². The monoisotopic (exact) mass is 777 g/mol. The lowest BCUT2D eigenvalue weighted by Gasteiger charge is -2.19. The van der Waals surface area contributed by atoms with Gasteiger partial charge in [-0.1, -0.05) is 113 Å². The van der Waals surface area contributed by atoms with Gasteiger partial charge in [0.25, 0.3) is 21.9 Å². The third kappa shape index (κ3) is 11.4. The summed E-state index contributed by atoms with van der Waals surface area (Å²) in [6.07, 6.45) is -1.28. The van der Waals surface area contributed by atoms with Gasteiger partial charge in [0.15, 0.2) is 0 Å². The minimum atomic E-state index is -3.68. The summed E-state index contributed by atoms with van der Waals surface area (Å²) in [5.74, 6) is -0.778. The number of alkyl halides is 1. The van der Waals surface area contributed by atoms with Crippen LogP contribution in [0.15, 0.2) is 48.5 Å². The molecule has 11 nitrogen and oxygen atoms in total. The summed E-state index contributed by atoms with van der Waals surface area (Å²) in [5.41, 5.74) is 5.11. The summed E-state index contributed by atoms with van der Waals surface area (Å²) in [5, 5.41) is 13.9. The summed E-state index contributed by atoms with van der Waals surface area (Å²) in [6.45, 7) is 16.4. The predicted molar refractivity (Wildman–Crippen MR) is 203 cm³/mol. The number of halogens is 3. The summed E-state index contributed by atoms with van der Waals surface area (Å²) in [6, 6.07) is 16.1. The summed E-state index contributed by atoms with van der Waals surface area (Å²) in [4.78, 5) is 24.9. The molecule has 284 valence electrons. The number of aromatic nitrogens is 4. The number of carbonyl (C=O) groups excluding carboxylic acids is 2. The fraction of sp³-hybridized carbons (Fsp3) is 0.459. The van der Waals surface area contributed by atoms with Crippen molar-refractivity contribution in [3.8, 4) is 0 Å². The zero-order chi connectivity index (χ0) is 39.3. The molecule has 0 bridgehead atoms. The van der Waals surface area contributed by atoms with Crippen molar-refractivity contribution >= 4 is 45.1 Å². The van der Waals surface area contributed by atoms with Gasteiger partial charge in [0.2, 0.25) is 0 Å². The van der Waals surface area contributed by atoms with Crippen molar-refractivity contribution in [1.82, 2.24) is 30.2 Å². The standard InChI is InChI=1S/C19H26ClN3O4S.C18H23ClFN3O/c1-12(27-28(6,25)26)16-15(20)17(23(5)22-16)18(24)21-11-13-7-9-14(10-8-13)19(2,3)4;1-11(20)15-14(19)16(23(5)22-15)17(24)21-10-12-6-8-13(9-7-12)18(2,3)4/h7-10,12H,11H2,1-6H3,(H,21,24);6-9,11H,10H2,1-5H3,(H,21,24)/i;20-1. The lowest BCUT2D eigenvalue weighted by Crippen LogP contribution is -2.25. The minimum Gasteiger partial charge on any atom is -0.347 e. The summed E-state index contributed by atoms with van der Waals surface area (Å²) >= 11 is 12.4. The Hall–Kier alpha value is -3.78. The summed E-state index contributed by atoms with van der Waals surface area (Å²) in [7, 11) is -0.542. The van der Waals surface area contributed by atoms with E-state index in [1.807, 2.05) is 36.4 Å². The number of amides is 2. The van der Waals surface area contributed by atoms with Gasteiger partial charge in [-0.3, -0.25) is 23.1 Å². The van der Waals surface area contributed by atoms with Crippen LogP contribution in [0.25, 0.3) is 0 Å². The number of benzene rings is 2. The maximum Gasteiger partial charge on any atom is 0.271 e. The number of nitrogens with one attached hydrogen (secondary N) is 2. The van der Waals surface area contributed by atoms with Gasteiger partial charge in [0, 0.05) is 27.2 Å². The Bertz CT molecular complexity index is 1980. The number of aryl methyl sites for hydroxylation is 2. The van der Waals surface area contributed by atoms with Crippen LogP contribution in [0.5, 0.6) is 0 Å². The van der Waals surface area contributed by atoms with E-state index >= 15 is 0 Å². The van der Waals surface area contributed by atoms with E-state index in [1.54, 1.807) is 14.1 Å². The van der Waals surface area contributed by atoms with Crippen LogP contribution in [-0.4, -0.2) is 46.0 Å². The van der Waals surface area contributed by atoms with Crippen LogP contribution in [0, 0.1) is 0 Å². The average Bonchev–Trinajstić information content (AvgIpc) is 3.51. The Balaban J connectivity index is 0.000000284. The molecule has 2 unspecified atom stereocenters. The molecule has 0 saturated heterocycles. The van der Waals surface area contributed by atoms with E-state index < -0.39 is 28.3 Å². The predicted octanol–water partition coefficient (Wildman–Crippen LogP) is 7.67. The highest BCUT2D eigenvalue weighted by atomic mass is 35.5. The fourth-order valence-corrected chi connectivity index (χ4v) is 6.54. The molecule has 0 aliphatic heterocycles. The number of nitrogens with zero attached hydrogens (tertiary/aromatic N) is 4. The molecule has 4 aromatic rings. The zero-order valence-electron chi connectivity index (χ0n) is 31.6. The quantitative estimate of drug-likeness (QED) is 0.158. The van der Waals surface area contributed by atoms with Crippen molar-refractivity contribution in [2.75, 3.05) is 6.26 Å². The van der Waals surface area contributed by atoms with E-state index in [-0.39, 0.29) is 49.6 Å². The largest absolute Gasteiger partial charge is 0.347 e. The van der Waals surface area contributed by atoms with Crippen LogP contribution in [0.2, 0.25) is 10.0 Å². The van der Waals surface area contributed by atoms with Crippen LogP contribution >= 0.6 is 23.2 Å². The molecule has 2 N–H and O–H groups in total. The lowest BCUT2D eigenvalue weighted by atomic mass is 9.87. The van der Waals surface area contributed by atoms with Gasteiger partial charge in [-0.15, -0.1) is 0 Å². The first-order chi connectivity index (χ1) is 23.9. The molecule has 2 aromatic heterocycles. The molecule has 2 amide bonds. The Labute approximate surface area is 316 Å². The zero-order valence-corrected chi connectivity index (χ0v) is 33.9. The second-order valence-electron chi connectivity index (χ2n) is 14.7. The highest BCUT2D eigenvalue weighted by Gasteiger charge is 2.27. The van der Waals surface area contributed by atoms with Gasteiger partial charge < -0.3 is 10.6 Å². The third-order valence-electron chi connectivity index (χ3n) is 8.09. The average molecular weight is 779 g/mol. The Kier molecular flexibility index (Phi) is 13.9. The van der Waals surface area contributed by atoms with E-state index in [1.165, 1.54) is 34.3 Å². The summed E-state index contributed by atoms with van der Waals surface area (Å²) < 4.78 is 43.6. The van der Waals surface area contributed by atoms with Crippen molar-refractivity contribution in [2.24, 2.45) is 14.1 Å². The Morgan fingerprint density at radius 1 is 0.750 bits per heavy atom. The smallest absolute Gasteiger partial charge is 0.271 e. The number of carbonyl (C=O) groups is 2. The first kappa shape index (κ1) is 42.6. The fourth-order valence-electron chi connectivity index (χ4n) is 5.13. The van der Waals surface area contributed by atoms with E-state index in [0.29, 0.717) is 13.1 Å². The highest BCUT2D eigenvalue weighted by molar-refractivity contribution is 7.86. The van der Waals surface area contributed by atoms with Crippen LogP contribution in [0.1, 0.15) is 122 Å². The second-order valence-corrected chi connectivity index (χ2v) is 17.0. The molecule has 2 aromatic carbocycles. The molecule has 2 atom stereocenters. The van der Waals surface area contributed by atoms with Gasteiger partial charge >= 0.3 is 0 Å². The SMILES string of the molecule is CC(OS(C)(=O)=O)c1nn(C)c(C(=O)NCc2ccc(C(C)(C)C)cc2)c1Cl.CC([18F])c1nn(C)c(C(=O)NCc2ccc(C(C)(C)C)cc2)c1Cl. The van der Waals surface area contributed by atoms with Crippen molar-refractivity contribution in [2.45, 2.75) is 91.6 Å². The molecule has 0 aliphatic rings. The number of hydrogen-bond acceptors (Lipinski definition) is 7. The molecule has 0 spiro atoms. The molecule has 15 heteroatoms. The molecule has 2 heterocycles. The Morgan fingerprint density at radius 2 is 1.10 bits per heavy atom. The van der Waals surface area contributed by atoms with Crippen molar-refractivity contribution in [3.05, 3.63) is 104 Å². The number of hydrogen-bond donors (Lipinski definition) is 2. The van der Waals surface area contributed by atoms with Gasteiger partial charge in [-0.05, 0) is 46.9 Å². The van der Waals surface area contributed by atoms with Crippen LogP contribution < -0.4 is 10.6 Å². The Morgan fingerprint density at radius 3 is 1.40 bits per heavy atom. The topological polar surface area (TPSA) is 137 Å². The highest BCUT2D eigenvalue weighted by Crippen LogP contribution is 2.30. The van der Waals surface area contributed by atoms with E-state index in [2.05, 4.69) is 74.5 Å². The molecule has 4 rings (SSSR count). The van der Waals surface area contributed by atoms with Crippen LogP contribution in [0.4, 0.5) is 4.39 Å². The maximum absolute atomic E-state index is 13.4. The first-order valence-corrected chi connectivity index (χ1v) is 19.2. The molecule has 0 fully saturated rings. The normalized spacial score (nSPS) is 13.2. The molecule has 0 saturated carbocycles. The van der Waals surface area contributed by atoms with E-state index in [4.69, 9.17) is 27.4 Å². The maximum atomic E-state index is 13.4. The third-order valence-corrected chi connectivity index (χ3v) is 9.47. The molecular formula is C37H49Cl2FN6O5S. The molecule has 0 aliphatic carbocycles. The molecule has 0 radical (unpaired) electrons. The lowest BCUT2D eigenvalue weighted by molar-refractivity contribution is 0.0933. The van der Waals surface area contributed by atoms with E-state index in [0.717, 1.165) is 17.4 Å². The molecular weight excluding hydrogens is 729 g/mol. The first-order valence-electron chi connectivity index (χ1n) is 16.6. The van der Waals surface area contributed by atoms with Gasteiger partial charge in [-0.25, -0.2) is 4.39 Å². The van der Waals surface area contributed by atoms with Crippen molar-refractivity contribution in [3.63, 3.8) is 0 Å². The van der Waals surface area contributed by atoms with Gasteiger partial charge in [0.1, 0.15) is 35.1 Å². The van der Waals surface area contributed by atoms with Gasteiger partial charge in [0.05, 0.1) is 16.3 Å². The van der Waals surface area contributed by atoms with Crippen molar-refractivity contribution < 1.29 is 26.6 Å².